The zero-order chi connectivity index (χ0) is 8.55. The van der Waals surface area contributed by atoms with Crippen LogP contribution in [0.5, 0.6) is 0 Å². The first-order valence-corrected chi connectivity index (χ1v) is 4.63. The van der Waals surface area contributed by atoms with E-state index >= 15 is 0 Å². The highest BCUT2D eigenvalue weighted by atomic mass is 16.2. The van der Waals surface area contributed by atoms with Gasteiger partial charge in [-0.25, -0.2) is 5.01 Å². The lowest BCUT2D eigenvalue weighted by Gasteiger charge is -2.35. The molecule has 1 heterocycles. The third kappa shape index (κ3) is 1.24. The fraction of sp³-hybridized carbons (Fsp3) is 0.778. The summed E-state index contributed by atoms with van der Waals surface area (Å²) in [5.74, 6) is 0.213. The second kappa shape index (κ2) is 2.88. The number of hydrogen-bond donors (Lipinski definition) is 0. The largest absolute Gasteiger partial charge is 0.273 e. The molecule has 66 valence electrons. The minimum atomic E-state index is 0.213. The highest BCUT2D eigenvalue weighted by Gasteiger charge is 2.30. The Hall–Kier alpha value is -0.860. The SMILES string of the molecule is CC1=NN(C2CCC2)C(=O)CC1. The average molecular weight is 166 g/mol. The van der Waals surface area contributed by atoms with Crippen molar-refractivity contribution in [1.82, 2.24) is 5.01 Å². The molecular formula is C9H14N2O. The number of nitrogens with zero attached hydrogens (tertiary/aromatic N) is 2. The Morgan fingerprint density at radius 3 is 2.75 bits per heavy atom. The van der Waals surface area contributed by atoms with E-state index < -0.39 is 0 Å². The third-order valence-corrected chi connectivity index (χ3v) is 2.66. The lowest BCUT2D eigenvalue weighted by molar-refractivity contribution is -0.135. The molecule has 3 nitrogen and oxygen atoms in total. The summed E-state index contributed by atoms with van der Waals surface area (Å²) < 4.78 is 0. The van der Waals surface area contributed by atoms with Crippen molar-refractivity contribution in [3.05, 3.63) is 0 Å². The summed E-state index contributed by atoms with van der Waals surface area (Å²) in [7, 11) is 0. The monoisotopic (exact) mass is 166 g/mol. The van der Waals surface area contributed by atoms with Crippen molar-refractivity contribution in [2.24, 2.45) is 5.10 Å². The average Bonchev–Trinajstić information content (AvgIpc) is 1.93. The lowest BCUT2D eigenvalue weighted by Crippen LogP contribution is -2.43. The van der Waals surface area contributed by atoms with E-state index in [1.165, 1.54) is 6.42 Å². The van der Waals surface area contributed by atoms with Crippen molar-refractivity contribution in [3.8, 4) is 0 Å². The molecule has 0 aromatic heterocycles. The Labute approximate surface area is 72.4 Å². The van der Waals surface area contributed by atoms with E-state index in [1.807, 2.05) is 6.92 Å². The van der Waals surface area contributed by atoms with Gasteiger partial charge in [-0.3, -0.25) is 4.79 Å². The van der Waals surface area contributed by atoms with Crippen molar-refractivity contribution < 1.29 is 4.79 Å². The Bertz CT molecular complexity index is 231. The molecule has 0 unspecified atom stereocenters. The van der Waals surface area contributed by atoms with Gasteiger partial charge in [0.2, 0.25) is 5.91 Å². The van der Waals surface area contributed by atoms with Gasteiger partial charge in [0.25, 0.3) is 0 Å². The number of amides is 1. The molecule has 0 bridgehead atoms. The maximum atomic E-state index is 11.4. The second-order valence-corrected chi connectivity index (χ2v) is 3.66. The van der Waals surface area contributed by atoms with Crippen LogP contribution in [0.15, 0.2) is 5.10 Å². The van der Waals surface area contributed by atoms with Gasteiger partial charge in [-0.05, 0) is 32.6 Å². The van der Waals surface area contributed by atoms with E-state index in [0.717, 1.165) is 25.0 Å². The van der Waals surface area contributed by atoms with Crippen LogP contribution in [-0.4, -0.2) is 22.7 Å². The number of carbonyl (C=O) groups excluding carboxylic acids is 1. The van der Waals surface area contributed by atoms with Gasteiger partial charge in [-0.15, -0.1) is 0 Å². The van der Waals surface area contributed by atoms with Crippen molar-refractivity contribution in [3.63, 3.8) is 0 Å². The van der Waals surface area contributed by atoms with Gasteiger partial charge in [-0.1, -0.05) is 0 Å². The fourth-order valence-electron chi connectivity index (χ4n) is 1.61. The summed E-state index contributed by atoms with van der Waals surface area (Å²) >= 11 is 0. The van der Waals surface area contributed by atoms with Gasteiger partial charge in [0.1, 0.15) is 0 Å². The Morgan fingerprint density at radius 1 is 1.42 bits per heavy atom. The predicted octanol–water partition coefficient (Wildman–Crippen LogP) is 1.54. The molecule has 0 saturated heterocycles. The maximum Gasteiger partial charge on any atom is 0.243 e. The van der Waals surface area contributed by atoms with Crippen LogP contribution in [0.3, 0.4) is 0 Å². The molecule has 2 aliphatic rings. The smallest absolute Gasteiger partial charge is 0.243 e. The quantitative estimate of drug-likeness (QED) is 0.581. The highest BCUT2D eigenvalue weighted by molar-refractivity contribution is 5.91. The van der Waals surface area contributed by atoms with Gasteiger partial charge in [0.05, 0.1) is 6.04 Å². The van der Waals surface area contributed by atoms with Crippen LogP contribution in [-0.2, 0) is 4.79 Å². The minimum absolute atomic E-state index is 0.213. The normalized spacial score (nSPS) is 25.2. The van der Waals surface area contributed by atoms with Crippen LogP contribution in [0.1, 0.15) is 39.0 Å². The lowest BCUT2D eigenvalue weighted by atomic mass is 9.92. The molecule has 2 rings (SSSR count). The van der Waals surface area contributed by atoms with Crippen molar-refractivity contribution in [2.75, 3.05) is 0 Å². The summed E-state index contributed by atoms with van der Waals surface area (Å²) in [5.41, 5.74) is 1.10. The molecule has 1 fully saturated rings. The molecule has 0 N–H and O–H groups in total. The summed E-state index contributed by atoms with van der Waals surface area (Å²) in [4.78, 5) is 11.4. The highest BCUT2D eigenvalue weighted by Crippen LogP contribution is 2.27. The number of hydrazone groups is 1. The molecule has 1 amide bonds. The fourth-order valence-corrected chi connectivity index (χ4v) is 1.61. The topological polar surface area (TPSA) is 32.7 Å². The van der Waals surface area contributed by atoms with E-state index in [9.17, 15) is 4.79 Å². The first-order chi connectivity index (χ1) is 5.77. The Morgan fingerprint density at radius 2 is 2.17 bits per heavy atom. The predicted molar refractivity (Wildman–Crippen MR) is 46.8 cm³/mol. The van der Waals surface area contributed by atoms with E-state index in [-0.39, 0.29) is 5.91 Å². The standard InChI is InChI=1S/C9H14N2O/c1-7-5-6-9(12)11(10-7)8-3-2-4-8/h8H,2-6H2,1H3. The van der Waals surface area contributed by atoms with Crippen molar-refractivity contribution >= 4 is 11.6 Å². The molecule has 12 heavy (non-hydrogen) atoms. The molecule has 0 radical (unpaired) electrons. The number of carbonyl (C=O) groups is 1. The summed E-state index contributed by atoms with van der Waals surface area (Å²) in [6.45, 7) is 2.00. The molecule has 3 heteroatoms. The van der Waals surface area contributed by atoms with Crippen LogP contribution in [0, 0.1) is 0 Å². The molecule has 0 aromatic carbocycles. The first kappa shape index (κ1) is 7.77. The molecular weight excluding hydrogens is 152 g/mol. The molecule has 1 aliphatic heterocycles. The minimum Gasteiger partial charge on any atom is -0.273 e. The van der Waals surface area contributed by atoms with Crippen molar-refractivity contribution in [1.29, 1.82) is 0 Å². The van der Waals surface area contributed by atoms with E-state index in [1.54, 1.807) is 5.01 Å². The third-order valence-electron chi connectivity index (χ3n) is 2.66. The van der Waals surface area contributed by atoms with E-state index in [2.05, 4.69) is 5.10 Å². The molecule has 0 atom stereocenters. The van der Waals surface area contributed by atoms with E-state index in [0.29, 0.717) is 12.5 Å². The van der Waals surface area contributed by atoms with Gasteiger partial charge < -0.3 is 0 Å². The van der Waals surface area contributed by atoms with Crippen LogP contribution < -0.4 is 0 Å². The summed E-state index contributed by atoms with van der Waals surface area (Å²) in [5, 5.41) is 6.00. The van der Waals surface area contributed by atoms with Crippen LogP contribution in [0.2, 0.25) is 0 Å². The molecule has 1 saturated carbocycles. The van der Waals surface area contributed by atoms with Gasteiger partial charge in [-0.2, -0.15) is 5.10 Å². The van der Waals surface area contributed by atoms with Crippen molar-refractivity contribution in [2.45, 2.75) is 45.1 Å². The zero-order valence-electron chi connectivity index (χ0n) is 7.42. The zero-order valence-corrected chi connectivity index (χ0v) is 7.42. The van der Waals surface area contributed by atoms with Gasteiger partial charge in [0, 0.05) is 12.1 Å². The van der Waals surface area contributed by atoms with Gasteiger partial charge >= 0.3 is 0 Å². The number of rotatable bonds is 1. The summed E-state index contributed by atoms with van der Waals surface area (Å²) in [6, 6.07) is 0.424. The Balaban J connectivity index is 2.09. The molecule has 0 spiro atoms. The van der Waals surface area contributed by atoms with Crippen LogP contribution in [0.4, 0.5) is 0 Å². The summed E-state index contributed by atoms with van der Waals surface area (Å²) in [6.07, 6.45) is 5.04. The maximum absolute atomic E-state index is 11.4. The van der Waals surface area contributed by atoms with Crippen LogP contribution >= 0.6 is 0 Å². The first-order valence-electron chi connectivity index (χ1n) is 4.63. The van der Waals surface area contributed by atoms with E-state index in [4.69, 9.17) is 0 Å². The molecule has 0 aromatic rings. The number of hydrogen-bond acceptors (Lipinski definition) is 2. The van der Waals surface area contributed by atoms with Crippen LogP contribution in [0.25, 0.3) is 0 Å². The molecule has 1 aliphatic carbocycles. The second-order valence-electron chi connectivity index (χ2n) is 3.66. The Kier molecular flexibility index (Phi) is 1.87. The van der Waals surface area contributed by atoms with Gasteiger partial charge in [0.15, 0.2) is 0 Å².